The normalized spacial score (nSPS) is 12.8. The van der Waals surface area contributed by atoms with Crippen molar-refractivity contribution in [2.24, 2.45) is 0 Å². The van der Waals surface area contributed by atoms with Gasteiger partial charge in [0.25, 0.3) is 0 Å². The van der Waals surface area contributed by atoms with Gasteiger partial charge in [0, 0.05) is 34.0 Å². The van der Waals surface area contributed by atoms with Gasteiger partial charge in [-0.2, -0.15) is 0 Å². The predicted molar refractivity (Wildman–Crippen MR) is 220 cm³/mol. The molecule has 0 N–H and O–H groups in total. The molecular formula is C50H40N2. The van der Waals surface area contributed by atoms with Crippen LogP contribution in [0.3, 0.4) is 0 Å². The average molecular weight is 669 g/mol. The molecule has 250 valence electrons. The molecule has 0 aliphatic rings. The largest absolute Gasteiger partial charge is 0.250 e. The van der Waals surface area contributed by atoms with Crippen molar-refractivity contribution in [3.05, 3.63) is 191 Å². The van der Waals surface area contributed by atoms with E-state index < -0.39 is 0 Å². The molecule has 0 aliphatic heterocycles. The summed E-state index contributed by atoms with van der Waals surface area (Å²) in [5.41, 5.74) is 13.8. The van der Waals surface area contributed by atoms with Crippen LogP contribution in [0.25, 0.3) is 65.6 Å². The topological polar surface area (TPSA) is 25.8 Å². The first-order chi connectivity index (χ1) is 25.5. The molecule has 2 aromatic heterocycles. The van der Waals surface area contributed by atoms with Crippen molar-refractivity contribution in [1.82, 2.24) is 9.97 Å². The van der Waals surface area contributed by atoms with Crippen molar-refractivity contribution >= 4 is 43.4 Å². The lowest BCUT2D eigenvalue weighted by Crippen LogP contribution is -2.05. The number of rotatable bonds is 6. The van der Waals surface area contributed by atoms with E-state index in [0.29, 0.717) is 0 Å². The number of fused-ring (bicyclic) bond motifs is 5. The summed E-state index contributed by atoms with van der Waals surface area (Å²) in [5, 5.41) is 7.36. The Morgan fingerprint density at radius 2 is 0.788 bits per heavy atom. The second-order valence-corrected chi connectivity index (χ2v) is 14.3. The third-order valence-electron chi connectivity index (χ3n) is 11.1. The molecule has 0 spiro atoms. The Hall–Kier alpha value is -6.12. The van der Waals surface area contributed by atoms with Crippen molar-refractivity contribution in [2.75, 3.05) is 0 Å². The SMILES string of the molecule is Cc1cccc2cccc(C(C)c3cc(-c4ccccc4)c4ccc5c(-c6ccccc6)cc(C(C)c6cccc7cccc(C)c67)nc5c4n3)c12. The summed E-state index contributed by atoms with van der Waals surface area (Å²) in [7, 11) is 0. The van der Waals surface area contributed by atoms with Crippen molar-refractivity contribution < 1.29 is 0 Å². The van der Waals surface area contributed by atoms with E-state index in [1.54, 1.807) is 0 Å². The molecule has 2 heteroatoms. The molecule has 9 aromatic rings. The number of hydrogen-bond donors (Lipinski definition) is 0. The van der Waals surface area contributed by atoms with Crippen molar-refractivity contribution in [2.45, 2.75) is 39.5 Å². The number of aryl methyl sites for hydroxylation is 2. The highest BCUT2D eigenvalue weighted by molar-refractivity contribution is 6.12. The van der Waals surface area contributed by atoms with Crippen LogP contribution < -0.4 is 0 Å². The summed E-state index contributed by atoms with van der Waals surface area (Å²) in [4.78, 5) is 11.2. The lowest BCUT2D eigenvalue weighted by Gasteiger charge is -2.21. The Morgan fingerprint density at radius 1 is 0.404 bits per heavy atom. The minimum Gasteiger partial charge on any atom is -0.250 e. The van der Waals surface area contributed by atoms with E-state index in [1.165, 1.54) is 66.1 Å². The van der Waals surface area contributed by atoms with E-state index in [2.05, 4.69) is 185 Å². The van der Waals surface area contributed by atoms with E-state index in [1.807, 2.05) is 0 Å². The molecule has 2 heterocycles. The van der Waals surface area contributed by atoms with E-state index in [0.717, 1.165) is 33.2 Å². The van der Waals surface area contributed by atoms with Crippen LogP contribution in [0.2, 0.25) is 0 Å². The van der Waals surface area contributed by atoms with E-state index in [-0.39, 0.29) is 11.8 Å². The number of nitrogens with zero attached hydrogens (tertiary/aromatic N) is 2. The fraction of sp³-hybridized carbons (Fsp3) is 0.120. The van der Waals surface area contributed by atoms with Gasteiger partial charge in [0.05, 0.1) is 11.0 Å². The minimum atomic E-state index is 0.0567. The Morgan fingerprint density at radius 3 is 1.19 bits per heavy atom. The molecule has 0 saturated carbocycles. The molecule has 2 nitrogen and oxygen atoms in total. The summed E-state index contributed by atoms with van der Waals surface area (Å²) < 4.78 is 0. The lowest BCUT2D eigenvalue weighted by atomic mass is 9.87. The summed E-state index contributed by atoms with van der Waals surface area (Å²) in [6.45, 7) is 9.03. The zero-order valence-electron chi connectivity index (χ0n) is 30.1. The van der Waals surface area contributed by atoms with Crippen molar-refractivity contribution in [3.8, 4) is 22.3 Å². The van der Waals surface area contributed by atoms with Crippen LogP contribution in [0.1, 0.15) is 59.3 Å². The van der Waals surface area contributed by atoms with Crippen LogP contribution in [0.15, 0.2) is 158 Å². The molecule has 0 aliphatic carbocycles. The molecule has 0 saturated heterocycles. The van der Waals surface area contributed by atoms with Crippen molar-refractivity contribution in [1.29, 1.82) is 0 Å². The second-order valence-electron chi connectivity index (χ2n) is 14.3. The summed E-state index contributed by atoms with van der Waals surface area (Å²) in [6.07, 6.45) is 0. The Balaban J connectivity index is 1.35. The second kappa shape index (κ2) is 12.9. The molecule has 9 rings (SSSR count). The number of pyridine rings is 2. The first-order valence-electron chi connectivity index (χ1n) is 18.3. The van der Waals surface area contributed by atoms with Crippen LogP contribution in [-0.2, 0) is 0 Å². The number of hydrogen-bond acceptors (Lipinski definition) is 2. The van der Waals surface area contributed by atoms with Crippen LogP contribution in [0, 0.1) is 13.8 Å². The average Bonchev–Trinajstić information content (AvgIpc) is 3.20. The molecule has 52 heavy (non-hydrogen) atoms. The molecular weight excluding hydrogens is 629 g/mol. The van der Waals surface area contributed by atoms with Gasteiger partial charge in [0.15, 0.2) is 0 Å². The van der Waals surface area contributed by atoms with Gasteiger partial charge in [-0.15, -0.1) is 0 Å². The van der Waals surface area contributed by atoms with Crippen LogP contribution >= 0.6 is 0 Å². The fourth-order valence-electron chi connectivity index (χ4n) is 8.34. The van der Waals surface area contributed by atoms with Gasteiger partial charge in [-0.05, 0) is 92.0 Å². The number of aromatic nitrogens is 2. The standard InChI is InChI=1S/C50H40N2/c1-31-15-11-21-37-23-13-25-39(47(31)37)33(3)45-29-43(35-17-7-5-8-18-35)41-27-28-42-44(36-19-9-6-10-20-36)30-46(52-50(42)49(41)51-45)34(4)40-26-14-24-38-22-12-16-32(2)48(38)40/h5-30,33-34H,1-4H3. The monoisotopic (exact) mass is 668 g/mol. The van der Waals surface area contributed by atoms with Gasteiger partial charge in [-0.25, -0.2) is 9.97 Å². The molecule has 0 fully saturated rings. The van der Waals surface area contributed by atoms with E-state index >= 15 is 0 Å². The molecule has 0 bridgehead atoms. The maximum atomic E-state index is 5.61. The maximum absolute atomic E-state index is 5.61. The van der Waals surface area contributed by atoms with Crippen LogP contribution in [0.4, 0.5) is 0 Å². The van der Waals surface area contributed by atoms with E-state index in [4.69, 9.17) is 9.97 Å². The lowest BCUT2D eigenvalue weighted by molar-refractivity contribution is 0.884. The first-order valence-corrected chi connectivity index (χ1v) is 18.3. The molecule has 0 radical (unpaired) electrons. The van der Waals surface area contributed by atoms with Gasteiger partial charge >= 0.3 is 0 Å². The van der Waals surface area contributed by atoms with Gasteiger partial charge in [0.2, 0.25) is 0 Å². The van der Waals surface area contributed by atoms with Gasteiger partial charge in [-0.3, -0.25) is 0 Å². The highest BCUT2D eigenvalue weighted by Crippen LogP contribution is 2.41. The predicted octanol–water partition coefficient (Wildman–Crippen LogP) is 13.3. The Labute approximate surface area is 305 Å². The molecule has 0 amide bonds. The molecule has 2 atom stereocenters. The van der Waals surface area contributed by atoms with Crippen molar-refractivity contribution in [3.63, 3.8) is 0 Å². The third-order valence-corrected chi connectivity index (χ3v) is 11.1. The fourth-order valence-corrected chi connectivity index (χ4v) is 8.34. The summed E-state index contributed by atoms with van der Waals surface area (Å²) in [6, 6.07) is 57.1. The first kappa shape index (κ1) is 31.8. The zero-order valence-corrected chi connectivity index (χ0v) is 30.1. The van der Waals surface area contributed by atoms with Crippen LogP contribution in [-0.4, -0.2) is 9.97 Å². The van der Waals surface area contributed by atoms with Gasteiger partial charge in [0.1, 0.15) is 0 Å². The minimum absolute atomic E-state index is 0.0567. The quantitative estimate of drug-likeness (QED) is 0.165. The maximum Gasteiger partial charge on any atom is 0.0974 e. The Kier molecular flexibility index (Phi) is 7.89. The number of benzene rings is 7. The third kappa shape index (κ3) is 5.34. The molecule has 2 unspecified atom stereocenters. The smallest absolute Gasteiger partial charge is 0.0974 e. The summed E-state index contributed by atoms with van der Waals surface area (Å²) >= 11 is 0. The zero-order chi connectivity index (χ0) is 35.3. The molecule has 7 aromatic carbocycles. The highest BCUT2D eigenvalue weighted by Gasteiger charge is 2.22. The van der Waals surface area contributed by atoms with Crippen LogP contribution in [0.5, 0.6) is 0 Å². The Bertz CT molecular complexity index is 2580. The summed E-state index contributed by atoms with van der Waals surface area (Å²) in [5.74, 6) is 0.113. The van der Waals surface area contributed by atoms with Gasteiger partial charge < -0.3 is 0 Å². The highest BCUT2D eigenvalue weighted by atomic mass is 14.8. The van der Waals surface area contributed by atoms with E-state index in [9.17, 15) is 0 Å². The van der Waals surface area contributed by atoms with Gasteiger partial charge in [-0.1, -0.05) is 159 Å².